The van der Waals surface area contributed by atoms with E-state index in [4.69, 9.17) is 5.11 Å². The van der Waals surface area contributed by atoms with Gasteiger partial charge >= 0.3 is 0 Å². The normalized spacial score (nSPS) is 19.1. The summed E-state index contributed by atoms with van der Waals surface area (Å²) in [6, 6.07) is 3.21. The number of carbonyl (C=O) groups excluding carboxylic acids is 1. The van der Waals surface area contributed by atoms with E-state index in [0.29, 0.717) is 24.9 Å². The lowest BCUT2D eigenvalue weighted by molar-refractivity contribution is 0.0574. The van der Waals surface area contributed by atoms with Gasteiger partial charge in [0, 0.05) is 36.5 Å². The van der Waals surface area contributed by atoms with E-state index in [0.717, 1.165) is 25.0 Å². The Bertz CT molecular complexity index is 522. The maximum Gasteiger partial charge on any atom is 0.254 e. The molecule has 1 unspecified atom stereocenters. The van der Waals surface area contributed by atoms with Crippen LogP contribution in [0.2, 0.25) is 0 Å². The third-order valence-electron chi connectivity index (χ3n) is 3.88. The molecule has 2 heterocycles. The predicted molar refractivity (Wildman–Crippen MR) is 76.8 cm³/mol. The van der Waals surface area contributed by atoms with Crippen LogP contribution >= 0.6 is 0 Å². The summed E-state index contributed by atoms with van der Waals surface area (Å²) in [6.45, 7) is 2.73. The van der Waals surface area contributed by atoms with Crippen molar-refractivity contribution in [2.24, 2.45) is 0 Å². The van der Waals surface area contributed by atoms with Gasteiger partial charge < -0.3 is 15.0 Å². The van der Waals surface area contributed by atoms with Crippen molar-refractivity contribution < 1.29 is 9.90 Å². The van der Waals surface area contributed by atoms with Crippen LogP contribution in [0, 0.1) is 0 Å². The minimum atomic E-state index is -0.233. The first kappa shape index (κ1) is 14.8. The Morgan fingerprint density at radius 1 is 1.45 bits per heavy atom. The number of rotatable bonds is 4. The average molecular weight is 278 g/mol. The Kier molecular flexibility index (Phi) is 4.95. The smallest absolute Gasteiger partial charge is 0.254 e. The molecule has 1 aliphatic heterocycles. The molecule has 2 rings (SSSR count). The van der Waals surface area contributed by atoms with Crippen LogP contribution in [0.4, 0.5) is 0 Å². The van der Waals surface area contributed by atoms with Crippen LogP contribution in [0.25, 0.3) is 0 Å². The Balaban J connectivity index is 2.24. The Labute approximate surface area is 118 Å². The summed E-state index contributed by atoms with van der Waals surface area (Å²) in [7, 11) is 0. The number of hydrogen-bond acceptors (Lipinski definition) is 3. The molecule has 110 valence electrons. The van der Waals surface area contributed by atoms with Crippen LogP contribution in [0.15, 0.2) is 16.9 Å². The van der Waals surface area contributed by atoms with Gasteiger partial charge in [-0.25, -0.2) is 0 Å². The number of likely N-dealkylation sites (tertiary alicyclic amines) is 1. The van der Waals surface area contributed by atoms with E-state index in [-0.39, 0.29) is 24.1 Å². The molecule has 1 saturated heterocycles. The van der Waals surface area contributed by atoms with E-state index < -0.39 is 0 Å². The number of aryl methyl sites for hydroxylation is 1. The number of nitrogens with zero attached hydrogens (tertiary/aromatic N) is 1. The highest BCUT2D eigenvalue weighted by Crippen LogP contribution is 2.21. The zero-order chi connectivity index (χ0) is 14.5. The average Bonchev–Trinajstić information content (AvgIpc) is 2.46. The minimum absolute atomic E-state index is 0.0873. The van der Waals surface area contributed by atoms with E-state index in [1.165, 1.54) is 6.07 Å². The molecule has 0 aromatic carbocycles. The van der Waals surface area contributed by atoms with E-state index in [1.807, 2.05) is 11.8 Å². The summed E-state index contributed by atoms with van der Waals surface area (Å²) in [6.07, 6.45) is 4.30. The SMILES string of the molecule is CCc1cc(C(=O)N2CCCCC2CCO)cc(=O)[nH]1. The largest absolute Gasteiger partial charge is 0.396 e. The molecule has 1 aliphatic rings. The molecule has 1 amide bonds. The standard InChI is InChI=1S/C15H22N2O3/c1-2-12-9-11(10-14(19)16-12)15(20)17-7-4-3-5-13(17)6-8-18/h9-10,13,18H,2-8H2,1H3,(H,16,19). The number of aromatic nitrogens is 1. The monoisotopic (exact) mass is 278 g/mol. The Morgan fingerprint density at radius 3 is 2.95 bits per heavy atom. The van der Waals surface area contributed by atoms with E-state index in [9.17, 15) is 9.59 Å². The fourth-order valence-corrected chi connectivity index (χ4v) is 2.80. The van der Waals surface area contributed by atoms with Crippen LogP contribution in [-0.2, 0) is 6.42 Å². The third-order valence-corrected chi connectivity index (χ3v) is 3.88. The van der Waals surface area contributed by atoms with Gasteiger partial charge in [-0.3, -0.25) is 9.59 Å². The molecule has 1 aromatic rings. The van der Waals surface area contributed by atoms with Crippen molar-refractivity contribution in [3.8, 4) is 0 Å². The number of nitrogens with one attached hydrogen (secondary N) is 1. The van der Waals surface area contributed by atoms with Gasteiger partial charge in [-0.05, 0) is 38.2 Å². The number of aliphatic hydroxyl groups is 1. The number of carbonyl (C=O) groups is 1. The molecule has 5 heteroatoms. The zero-order valence-corrected chi connectivity index (χ0v) is 11.9. The molecule has 0 aliphatic carbocycles. The fraction of sp³-hybridized carbons (Fsp3) is 0.600. The summed E-state index contributed by atoms with van der Waals surface area (Å²) >= 11 is 0. The number of H-pyrrole nitrogens is 1. The number of aliphatic hydroxyl groups excluding tert-OH is 1. The van der Waals surface area contributed by atoms with Crippen LogP contribution in [0.1, 0.15) is 48.7 Å². The van der Waals surface area contributed by atoms with E-state index in [2.05, 4.69) is 4.98 Å². The highest BCUT2D eigenvalue weighted by Gasteiger charge is 2.27. The highest BCUT2D eigenvalue weighted by atomic mass is 16.3. The van der Waals surface area contributed by atoms with Gasteiger partial charge in [0.15, 0.2) is 0 Å². The first-order valence-corrected chi connectivity index (χ1v) is 7.30. The number of amides is 1. The first-order chi connectivity index (χ1) is 9.65. The number of piperidine rings is 1. The molecule has 2 N–H and O–H groups in total. The third kappa shape index (κ3) is 3.28. The van der Waals surface area contributed by atoms with Gasteiger partial charge in [0.2, 0.25) is 5.56 Å². The van der Waals surface area contributed by atoms with Crippen molar-refractivity contribution in [1.82, 2.24) is 9.88 Å². The van der Waals surface area contributed by atoms with Gasteiger partial charge in [0.25, 0.3) is 5.91 Å². The lowest BCUT2D eigenvalue weighted by Crippen LogP contribution is -2.44. The van der Waals surface area contributed by atoms with Crippen molar-refractivity contribution in [2.45, 2.75) is 45.1 Å². The summed E-state index contributed by atoms with van der Waals surface area (Å²) in [5, 5.41) is 9.12. The van der Waals surface area contributed by atoms with Crippen molar-refractivity contribution in [3.63, 3.8) is 0 Å². The Hall–Kier alpha value is -1.62. The van der Waals surface area contributed by atoms with Crippen molar-refractivity contribution in [2.75, 3.05) is 13.2 Å². The van der Waals surface area contributed by atoms with Gasteiger partial charge in [-0.15, -0.1) is 0 Å². The first-order valence-electron chi connectivity index (χ1n) is 7.30. The van der Waals surface area contributed by atoms with Crippen LogP contribution in [-0.4, -0.2) is 40.1 Å². The molecule has 20 heavy (non-hydrogen) atoms. The Morgan fingerprint density at radius 2 is 2.25 bits per heavy atom. The van der Waals surface area contributed by atoms with Crippen molar-refractivity contribution >= 4 is 5.91 Å². The highest BCUT2D eigenvalue weighted by molar-refractivity contribution is 5.94. The lowest BCUT2D eigenvalue weighted by Gasteiger charge is -2.35. The molecule has 0 spiro atoms. The second-order valence-corrected chi connectivity index (χ2v) is 5.27. The lowest BCUT2D eigenvalue weighted by atomic mass is 9.98. The maximum atomic E-state index is 12.6. The van der Waals surface area contributed by atoms with Crippen LogP contribution < -0.4 is 5.56 Å². The molecular weight excluding hydrogens is 256 g/mol. The van der Waals surface area contributed by atoms with Gasteiger partial charge in [0.05, 0.1) is 0 Å². The van der Waals surface area contributed by atoms with E-state index in [1.54, 1.807) is 6.07 Å². The molecule has 1 aromatic heterocycles. The summed E-state index contributed by atoms with van der Waals surface area (Å²) < 4.78 is 0. The molecule has 0 bridgehead atoms. The fourth-order valence-electron chi connectivity index (χ4n) is 2.80. The van der Waals surface area contributed by atoms with Crippen LogP contribution in [0.3, 0.4) is 0 Å². The van der Waals surface area contributed by atoms with E-state index >= 15 is 0 Å². The van der Waals surface area contributed by atoms with Gasteiger partial charge in [0.1, 0.15) is 0 Å². The maximum absolute atomic E-state index is 12.6. The summed E-state index contributed by atoms with van der Waals surface area (Å²) in [5.41, 5.74) is 0.996. The second kappa shape index (κ2) is 6.70. The predicted octanol–water partition coefficient (Wildman–Crippen LogP) is 1.31. The molecule has 0 saturated carbocycles. The molecule has 5 nitrogen and oxygen atoms in total. The molecule has 1 fully saturated rings. The number of pyridine rings is 1. The van der Waals surface area contributed by atoms with Gasteiger partial charge in [-0.1, -0.05) is 6.92 Å². The molecular formula is C15H22N2O3. The zero-order valence-electron chi connectivity index (χ0n) is 11.9. The summed E-state index contributed by atoms with van der Waals surface area (Å²) in [5.74, 6) is -0.0936. The van der Waals surface area contributed by atoms with Crippen molar-refractivity contribution in [1.29, 1.82) is 0 Å². The number of aromatic amines is 1. The number of hydrogen-bond donors (Lipinski definition) is 2. The summed E-state index contributed by atoms with van der Waals surface area (Å²) in [4.78, 5) is 28.7. The minimum Gasteiger partial charge on any atom is -0.396 e. The molecule has 0 radical (unpaired) electrons. The van der Waals surface area contributed by atoms with Gasteiger partial charge in [-0.2, -0.15) is 0 Å². The topological polar surface area (TPSA) is 73.4 Å². The van der Waals surface area contributed by atoms with Crippen molar-refractivity contribution in [3.05, 3.63) is 33.7 Å². The second-order valence-electron chi connectivity index (χ2n) is 5.27. The molecule has 1 atom stereocenters. The quantitative estimate of drug-likeness (QED) is 0.872. The van der Waals surface area contributed by atoms with Crippen LogP contribution in [0.5, 0.6) is 0 Å².